The molecule has 120 valence electrons. The van der Waals surface area contributed by atoms with Crippen LogP contribution in [0.3, 0.4) is 0 Å². The molecule has 0 amide bonds. The number of aliphatic hydroxyl groups is 1. The van der Waals surface area contributed by atoms with Gasteiger partial charge in [0.05, 0.1) is 6.61 Å². The topological polar surface area (TPSA) is 20.2 Å². The normalized spacial score (nSPS) is 12.5. The van der Waals surface area contributed by atoms with E-state index >= 15 is 0 Å². The Labute approximate surface area is 131 Å². The lowest BCUT2D eigenvalue weighted by Gasteiger charge is -2.12. The quantitative estimate of drug-likeness (QED) is 0.454. The minimum atomic E-state index is 0.146. The van der Waals surface area contributed by atoms with Crippen LogP contribution in [-0.4, -0.2) is 5.11 Å². The van der Waals surface area contributed by atoms with E-state index in [4.69, 9.17) is 5.11 Å². The van der Waals surface area contributed by atoms with Gasteiger partial charge in [0, 0.05) is 0 Å². The van der Waals surface area contributed by atoms with Crippen molar-refractivity contribution in [3.63, 3.8) is 0 Å². The minimum Gasteiger partial charge on any atom is -0.392 e. The third-order valence-electron chi connectivity index (χ3n) is 4.47. The van der Waals surface area contributed by atoms with Crippen molar-refractivity contribution in [1.29, 1.82) is 0 Å². The highest BCUT2D eigenvalue weighted by molar-refractivity contribution is 5.24. The molecule has 1 atom stereocenters. The summed E-state index contributed by atoms with van der Waals surface area (Å²) in [5, 5.41) is 9.06. The van der Waals surface area contributed by atoms with E-state index in [2.05, 4.69) is 26.0 Å². The fourth-order valence-electron chi connectivity index (χ4n) is 2.88. The van der Waals surface area contributed by atoms with Gasteiger partial charge in [-0.25, -0.2) is 0 Å². The van der Waals surface area contributed by atoms with E-state index < -0.39 is 0 Å². The first kappa shape index (κ1) is 18.2. The van der Waals surface area contributed by atoms with E-state index in [0.29, 0.717) is 5.92 Å². The van der Waals surface area contributed by atoms with Crippen molar-refractivity contribution >= 4 is 0 Å². The van der Waals surface area contributed by atoms with Gasteiger partial charge in [-0.15, -0.1) is 0 Å². The second-order valence-electron chi connectivity index (χ2n) is 6.42. The number of unbranched alkanes of at least 4 members (excludes halogenated alkanes) is 8. The molecule has 21 heavy (non-hydrogen) atoms. The summed E-state index contributed by atoms with van der Waals surface area (Å²) < 4.78 is 0. The molecule has 0 heterocycles. The van der Waals surface area contributed by atoms with Gasteiger partial charge < -0.3 is 5.11 Å². The molecule has 1 nitrogen and oxygen atoms in total. The van der Waals surface area contributed by atoms with E-state index in [1.807, 2.05) is 12.1 Å². The summed E-state index contributed by atoms with van der Waals surface area (Å²) in [5.41, 5.74) is 2.42. The van der Waals surface area contributed by atoms with Crippen LogP contribution in [0, 0.1) is 0 Å². The zero-order valence-electron chi connectivity index (χ0n) is 14.1. The van der Waals surface area contributed by atoms with Gasteiger partial charge in [-0.05, 0) is 23.5 Å². The standard InChI is InChI=1S/C20H34O/c1-3-4-5-6-7-8-9-10-11-12-18(2)20-15-13-19(17-21)14-16-20/h13-16,18,21H,3-12,17H2,1-2H3. The monoisotopic (exact) mass is 290 g/mol. The number of rotatable bonds is 12. The van der Waals surface area contributed by atoms with Crippen molar-refractivity contribution in [3.8, 4) is 0 Å². The third-order valence-corrected chi connectivity index (χ3v) is 4.47. The zero-order chi connectivity index (χ0) is 15.3. The highest BCUT2D eigenvalue weighted by atomic mass is 16.3. The summed E-state index contributed by atoms with van der Waals surface area (Å²) >= 11 is 0. The van der Waals surface area contributed by atoms with Crippen LogP contribution in [-0.2, 0) is 6.61 Å². The zero-order valence-corrected chi connectivity index (χ0v) is 14.1. The molecule has 1 unspecified atom stereocenters. The summed E-state index contributed by atoms with van der Waals surface area (Å²) in [6, 6.07) is 8.43. The molecule has 0 fully saturated rings. The van der Waals surface area contributed by atoms with Crippen LogP contribution in [0.5, 0.6) is 0 Å². The molecule has 0 aliphatic rings. The van der Waals surface area contributed by atoms with Crippen molar-refractivity contribution in [1.82, 2.24) is 0 Å². The molecule has 1 rings (SSSR count). The molecular weight excluding hydrogens is 256 g/mol. The van der Waals surface area contributed by atoms with Crippen LogP contribution in [0.2, 0.25) is 0 Å². The summed E-state index contributed by atoms with van der Waals surface area (Å²) in [7, 11) is 0. The number of aliphatic hydroxyl groups excluding tert-OH is 1. The van der Waals surface area contributed by atoms with Crippen molar-refractivity contribution < 1.29 is 5.11 Å². The molecular formula is C20H34O. The van der Waals surface area contributed by atoms with Gasteiger partial charge in [-0.3, -0.25) is 0 Å². The molecule has 1 aromatic carbocycles. The minimum absolute atomic E-state index is 0.146. The van der Waals surface area contributed by atoms with Crippen LogP contribution in [0.1, 0.15) is 95.1 Å². The Morgan fingerprint density at radius 3 is 1.86 bits per heavy atom. The Morgan fingerprint density at radius 2 is 1.33 bits per heavy atom. The summed E-state index contributed by atoms with van der Waals surface area (Å²) in [6.07, 6.45) is 13.9. The van der Waals surface area contributed by atoms with E-state index in [0.717, 1.165) is 5.56 Å². The third kappa shape index (κ3) is 8.26. The van der Waals surface area contributed by atoms with Crippen LogP contribution in [0.4, 0.5) is 0 Å². The van der Waals surface area contributed by atoms with Crippen molar-refractivity contribution in [3.05, 3.63) is 35.4 Å². The molecule has 0 saturated carbocycles. The first-order valence-electron chi connectivity index (χ1n) is 8.97. The Balaban J connectivity index is 2.03. The van der Waals surface area contributed by atoms with Gasteiger partial charge in [0.2, 0.25) is 0 Å². The van der Waals surface area contributed by atoms with Crippen LogP contribution in [0.15, 0.2) is 24.3 Å². The largest absolute Gasteiger partial charge is 0.392 e. The predicted octanol–water partition coefficient (Wildman–Crippen LogP) is 6.20. The lowest BCUT2D eigenvalue weighted by atomic mass is 9.94. The molecule has 1 heteroatoms. The van der Waals surface area contributed by atoms with Crippen molar-refractivity contribution in [2.45, 2.75) is 90.6 Å². The van der Waals surface area contributed by atoms with Crippen molar-refractivity contribution in [2.24, 2.45) is 0 Å². The van der Waals surface area contributed by atoms with Crippen LogP contribution >= 0.6 is 0 Å². The fraction of sp³-hybridized carbons (Fsp3) is 0.700. The van der Waals surface area contributed by atoms with E-state index in [1.54, 1.807) is 0 Å². The van der Waals surface area contributed by atoms with Gasteiger partial charge in [-0.1, -0.05) is 95.9 Å². The Morgan fingerprint density at radius 1 is 0.810 bits per heavy atom. The number of hydrogen-bond acceptors (Lipinski definition) is 1. The number of benzene rings is 1. The van der Waals surface area contributed by atoms with E-state index in [9.17, 15) is 0 Å². The maximum atomic E-state index is 9.06. The van der Waals surface area contributed by atoms with Gasteiger partial charge >= 0.3 is 0 Å². The molecule has 1 N–H and O–H groups in total. The second-order valence-corrected chi connectivity index (χ2v) is 6.42. The maximum absolute atomic E-state index is 9.06. The average Bonchev–Trinajstić information content (AvgIpc) is 2.53. The van der Waals surface area contributed by atoms with Crippen LogP contribution in [0.25, 0.3) is 0 Å². The Kier molecular flexibility index (Phi) is 10.2. The van der Waals surface area contributed by atoms with E-state index in [1.165, 1.54) is 69.8 Å². The average molecular weight is 290 g/mol. The van der Waals surface area contributed by atoms with Crippen molar-refractivity contribution in [2.75, 3.05) is 0 Å². The van der Waals surface area contributed by atoms with Crippen LogP contribution < -0.4 is 0 Å². The van der Waals surface area contributed by atoms with Gasteiger partial charge in [-0.2, -0.15) is 0 Å². The van der Waals surface area contributed by atoms with Gasteiger partial charge in [0.1, 0.15) is 0 Å². The molecule has 0 aliphatic heterocycles. The molecule has 0 spiro atoms. The maximum Gasteiger partial charge on any atom is 0.0681 e. The van der Waals surface area contributed by atoms with Gasteiger partial charge in [0.25, 0.3) is 0 Å². The second kappa shape index (κ2) is 11.8. The lowest BCUT2D eigenvalue weighted by Crippen LogP contribution is -1.94. The predicted molar refractivity (Wildman–Crippen MR) is 92.6 cm³/mol. The summed E-state index contributed by atoms with van der Waals surface area (Å²) in [5.74, 6) is 0.641. The SMILES string of the molecule is CCCCCCCCCCCC(C)c1ccc(CO)cc1. The molecule has 0 saturated heterocycles. The summed E-state index contributed by atoms with van der Waals surface area (Å²) in [6.45, 7) is 4.74. The van der Waals surface area contributed by atoms with E-state index in [-0.39, 0.29) is 6.61 Å². The van der Waals surface area contributed by atoms with Gasteiger partial charge in [0.15, 0.2) is 0 Å². The highest BCUT2D eigenvalue weighted by Gasteiger charge is 2.05. The first-order valence-corrected chi connectivity index (χ1v) is 8.97. The molecule has 0 aliphatic carbocycles. The molecule has 0 radical (unpaired) electrons. The highest BCUT2D eigenvalue weighted by Crippen LogP contribution is 2.22. The Hall–Kier alpha value is -0.820. The smallest absolute Gasteiger partial charge is 0.0681 e. The number of hydrogen-bond donors (Lipinski definition) is 1. The first-order chi connectivity index (χ1) is 10.3. The Bertz CT molecular complexity index is 341. The molecule has 1 aromatic rings. The fourth-order valence-corrected chi connectivity index (χ4v) is 2.88. The molecule has 0 aromatic heterocycles. The lowest BCUT2D eigenvalue weighted by molar-refractivity contribution is 0.282. The molecule has 0 bridgehead atoms. The summed E-state index contributed by atoms with van der Waals surface area (Å²) in [4.78, 5) is 0.